The minimum Gasteiger partial charge on any atom is -0.345 e. The fourth-order valence-electron chi connectivity index (χ4n) is 3.27. The molecular formula is C16H27NO. The monoisotopic (exact) mass is 249 g/mol. The van der Waals surface area contributed by atoms with Crippen LogP contribution in [0.3, 0.4) is 0 Å². The molecule has 1 saturated carbocycles. The summed E-state index contributed by atoms with van der Waals surface area (Å²) in [5.41, 5.74) is -0.243. The molecule has 2 heteroatoms. The molecule has 0 bridgehead atoms. The van der Waals surface area contributed by atoms with E-state index < -0.39 is 0 Å². The van der Waals surface area contributed by atoms with Crippen molar-refractivity contribution in [1.29, 1.82) is 0 Å². The minimum absolute atomic E-state index is 0.243. The summed E-state index contributed by atoms with van der Waals surface area (Å²) in [5, 5.41) is 0. The van der Waals surface area contributed by atoms with Crippen molar-refractivity contribution in [2.75, 3.05) is 13.6 Å². The van der Waals surface area contributed by atoms with Crippen LogP contribution in [0.1, 0.15) is 46.5 Å². The summed E-state index contributed by atoms with van der Waals surface area (Å²) in [6.07, 6.45) is 9.86. The summed E-state index contributed by atoms with van der Waals surface area (Å²) in [7, 11) is 1.96. The molecule has 0 aromatic rings. The van der Waals surface area contributed by atoms with Crippen LogP contribution in [-0.4, -0.2) is 24.4 Å². The summed E-state index contributed by atoms with van der Waals surface area (Å²) < 4.78 is 0. The molecule has 0 saturated heterocycles. The molecule has 3 unspecified atom stereocenters. The van der Waals surface area contributed by atoms with Crippen LogP contribution in [0.15, 0.2) is 12.2 Å². The first-order valence-corrected chi connectivity index (χ1v) is 7.30. The van der Waals surface area contributed by atoms with Gasteiger partial charge in [0.05, 0.1) is 0 Å². The average molecular weight is 249 g/mol. The third-order valence-corrected chi connectivity index (χ3v) is 4.39. The van der Waals surface area contributed by atoms with Gasteiger partial charge in [0.2, 0.25) is 5.91 Å². The van der Waals surface area contributed by atoms with E-state index in [4.69, 9.17) is 0 Å². The lowest BCUT2D eigenvalue weighted by molar-refractivity contribution is -0.138. The van der Waals surface area contributed by atoms with Crippen molar-refractivity contribution in [2.24, 2.45) is 23.2 Å². The highest BCUT2D eigenvalue weighted by Crippen LogP contribution is 2.48. The molecule has 0 spiro atoms. The number of carbonyl (C=O) groups is 1. The molecule has 2 nitrogen and oxygen atoms in total. The molecule has 1 fully saturated rings. The highest BCUT2D eigenvalue weighted by Gasteiger charge is 2.43. The van der Waals surface area contributed by atoms with Crippen LogP contribution in [0.2, 0.25) is 0 Å². The topological polar surface area (TPSA) is 20.3 Å². The van der Waals surface area contributed by atoms with Gasteiger partial charge in [-0.2, -0.15) is 0 Å². The molecule has 0 heterocycles. The molecule has 0 N–H and O–H groups in total. The van der Waals surface area contributed by atoms with Crippen LogP contribution >= 0.6 is 0 Å². The highest BCUT2D eigenvalue weighted by atomic mass is 16.2. The van der Waals surface area contributed by atoms with E-state index >= 15 is 0 Å². The lowest BCUT2D eigenvalue weighted by atomic mass is 9.89. The molecule has 0 aromatic carbocycles. The van der Waals surface area contributed by atoms with Gasteiger partial charge >= 0.3 is 0 Å². The van der Waals surface area contributed by atoms with E-state index in [1.807, 2.05) is 32.7 Å². The van der Waals surface area contributed by atoms with Crippen LogP contribution < -0.4 is 0 Å². The van der Waals surface area contributed by atoms with E-state index in [1.165, 1.54) is 25.7 Å². The molecular weight excluding hydrogens is 222 g/mol. The van der Waals surface area contributed by atoms with Crippen LogP contribution in [0.4, 0.5) is 0 Å². The van der Waals surface area contributed by atoms with E-state index in [0.717, 1.165) is 24.3 Å². The van der Waals surface area contributed by atoms with Gasteiger partial charge in [-0.15, -0.1) is 0 Å². The minimum atomic E-state index is -0.243. The van der Waals surface area contributed by atoms with Crippen LogP contribution in [0.5, 0.6) is 0 Å². The lowest BCUT2D eigenvalue weighted by Crippen LogP contribution is -2.38. The Balaban J connectivity index is 1.79. The van der Waals surface area contributed by atoms with Crippen molar-refractivity contribution in [3.63, 3.8) is 0 Å². The normalized spacial score (nSPS) is 31.2. The zero-order valence-corrected chi connectivity index (χ0v) is 12.3. The number of hydrogen-bond donors (Lipinski definition) is 0. The van der Waals surface area contributed by atoms with E-state index in [0.29, 0.717) is 0 Å². The second-order valence-electron chi connectivity index (χ2n) is 7.14. The quantitative estimate of drug-likeness (QED) is 0.701. The van der Waals surface area contributed by atoms with E-state index in [-0.39, 0.29) is 11.3 Å². The summed E-state index contributed by atoms with van der Waals surface area (Å²) >= 11 is 0. The molecule has 0 aromatic heterocycles. The standard InChI is InChI=1S/C16H27NO/c1-16(2,3)15(18)17(4)11-13-10-14(13)12-8-6-5-7-9-12/h5-6,12-14H,7-11H2,1-4H3. The molecule has 102 valence electrons. The third-order valence-electron chi connectivity index (χ3n) is 4.39. The van der Waals surface area contributed by atoms with E-state index in [2.05, 4.69) is 12.2 Å². The van der Waals surface area contributed by atoms with Crippen LogP contribution in [0.25, 0.3) is 0 Å². The van der Waals surface area contributed by atoms with Gasteiger partial charge in [-0.1, -0.05) is 32.9 Å². The summed E-state index contributed by atoms with van der Waals surface area (Å²) in [5.74, 6) is 2.80. The second-order valence-corrected chi connectivity index (χ2v) is 7.14. The maximum atomic E-state index is 12.1. The molecule has 2 rings (SSSR count). The second kappa shape index (κ2) is 5.07. The van der Waals surface area contributed by atoms with Crippen molar-refractivity contribution in [1.82, 2.24) is 4.90 Å². The van der Waals surface area contributed by atoms with Gasteiger partial charge in [0, 0.05) is 19.0 Å². The Morgan fingerprint density at radius 2 is 2.06 bits per heavy atom. The van der Waals surface area contributed by atoms with Crippen molar-refractivity contribution < 1.29 is 4.79 Å². The Hall–Kier alpha value is -0.790. The van der Waals surface area contributed by atoms with Crippen molar-refractivity contribution in [2.45, 2.75) is 46.5 Å². The summed E-state index contributed by atoms with van der Waals surface area (Å²) in [4.78, 5) is 14.1. The maximum absolute atomic E-state index is 12.1. The van der Waals surface area contributed by atoms with E-state index in [9.17, 15) is 4.79 Å². The van der Waals surface area contributed by atoms with Gasteiger partial charge in [0.15, 0.2) is 0 Å². The predicted octanol–water partition coefficient (Wildman–Crippen LogP) is 3.48. The first kappa shape index (κ1) is 13.6. The zero-order valence-electron chi connectivity index (χ0n) is 12.3. The Morgan fingerprint density at radius 1 is 1.33 bits per heavy atom. The van der Waals surface area contributed by atoms with Crippen molar-refractivity contribution >= 4 is 5.91 Å². The van der Waals surface area contributed by atoms with Crippen LogP contribution in [0, 0.1) is 23.2 Å². The van der Waals surface area contributed by atoms with Crippen molar-refractivity contribution in [3.8, 4) is 0 Å². The Kier molecular flexibility index (Phi) is 3.84. The number of carbonyl (C=O) groups excluding carboxylic acids is 1. The van der Waals surface area contributed by atoms with Crippen LogP contribution in [-0.2, 0) is 4.79 Å². The number of allylic oxidation sites excluding steroid dienone is 2. The Labute approximate surface area is 111 Å². The van der Waals surface area contributed by atoms with Crippen molar-refractivity contribution in [3.05, 3.63) is 12.2 Å². The molecule has 0 aliphatic heterocycles. The largest absolute Gasteiger partial charge is 0.345 e. The SMILES string of the molecule is CN(CC1CC1C1CC=CCC1)C(=O)C(C)(C)C. The Bertz CT molecular complexity index is 339. The molecule has 2 aliphatic carbocycles. The summed E-state index contributed by atoms with van der Waals surface area (Å²) in [6.45, 7) is 6.97. The molecule has 2 aliphatic rings. The van der Waals surface area contributed by atoms with Gasteiger partial charge in [0.1, 0.15) is 0 Å². The molecule has 18 heavy (non-hydrogen) atoms. The van der Waals surface area contributed by atoms with E-state index in [1.54, 1.807) is 0 Å². The summed E-state index contributed by atoms with van der Waals surface area (Å²) in [6, 6.07) is 0. The fourth-order valence-corrected chi connectivity index (χ4v) is 3.27. The third kappa shape index (κ3) is 3.15. The number of amides is 1. The molecule has 3 atom stereocenters. The first-order valence-electron chi connectivity index (χ1n) is 7.30. The van der Waals surface area contributed by atoms with Gasteiger partial charge in [-0.05, 0) is 43.4 Å². The smallest absolute Gasteiger partial charge is 0.227 e. The number of rotatable bonds is 3. The highest BCUT2D eigenvalue weighted by molar-refractivity contribution is 5.81. The number of nitrogens with zero attached hydrogens (tertiary/aromatic N) is 1. The molecule has 0 radical (unpaired) electrons. The van der Waals surface area contributed by atoms with Gasteiger partial charge in [0.25, 0.3) is 0 Å². The first-order chi connectivity index (χ1) is 8.39. The Morgan fingerprint density at radius 3 is 2.61 bits per heavy atom. The lowest BCUT2D eigenvalue weighted by Gasteiger charge is -2.26. The fraction of sp³-hybridized carbons (Fsp3) is 0.812. The average Bonchev–Trinajstić information content (AvgIpc) is 3.07. The molecule has 1 amide bonds. The number of hydrogen-bond acceptors (Lipinski definition) is 1. The van der Waals surface area contributed by atoms with Gasteiger partial charge in [-0.3, -0.25) is 4.79 Å². The zero-order chi connectivity index (χ0) is 13.3. The van der Waals surface area contributed by atoms with Gasteiger partial charge < -0.3 is 4.90 Å². The maximum Gasteiger partial charge on any atom is 0.227 e. The predicted molar refractivity (Wildman–Crippen MR) is 75.2 cm³/mol. The van der Waals surface area contributed by atoms with Gasteiger partial charge in [-0.25, -0.2) is 0 Å².